The molecule has 1 aliphatic carbocycles. The minimum atomic E-state index is -0.0578. The van der Waals surface area contributed by atoms with E-state index in [2.05, 4.69) is 20.2 Å². The van der Waals surface area contributed by atoms with Gasteiger partial charge in [0.15, 0.2) is 5.58 Å². The molecule has 3 aromatic rings. The van der Waals surface area contributed by atoms with Crippen LogP contribution in [0.3, 0.4) is 0 Å². The Morgan fingerprint density at radius 1 is 1.19 bits per heavy atom. The quantitative estimate of drug-likeness (QED) is 0.607. The number of fused-ring (bicyclic) bond motifs is 1. The predicted molar refractivity (Wildman–Crippen MR) is 123 cm³/mol. The van der Waals surface area contributed by atoms with Crippen LogP contribution in [0.15, 0.2) is 40.9 Å². The summed E-state index contributed by atoms with van der Waals surface area (Å²) in [4.78, 5) is 23.6. The number of hydrogen-bond acceptors (Lipinski definition) is 6. The van der Waals surface area contributed by atoms with Crippen LogP contribution in [0.1, 0.15) is 48.9 Å². The second-order valence-corrected chi connectivity index (χ2v) is 9.37. The van der Waals surface area contributed by atoms with Gasteiger partial charge in [-0.05, 0) is 68.2 Å². The van der Waals surface area contributed by atoms with Crippen molar-refractivity contribution >= 4 is 34.6 Å². The Hall–Kier alpha value is -2.80. The van der Waals surface area contributed by atoms with Gasteiger partial charge >= 0.3 is 0 Å². The SMILES string of the molecule is COc1cc(C(=O)NC2CCC3(CC2)CCN(c2nc4cc(Cl)ccc4o2)CC3)ccn1. The molecule has 1 spiro atoms. The summed E-state index contributed by atoms with van der Waals surface area (Å²) < 4.78 is 11.1. The van der Waals surface area contributed by atoms with Crippen LogP contribution >= 0.6 is 11.6 Å². The zero-order chi connectivity index (χ0) is 22.1. The molecule has 3 heterocycles. The van der Waals surface area contributed by atoms with E-state index in [9.17, 15) is 4.79 Å². The molecule has 5 rings (SSSR count). The van der Waals surface area contributed by atoms with E-state index in [1.165, 1.54) is 0 Å². The Bertz CT molecular complexity index is 1110. The van der Waals surface area contributed by atoms with E-state index < -0.39 is 0 Å². The first-order valence-electron chi connectivity index (χ1n) is 11.2. The van der Waals surface area contributed by atoms with Crippen LogP contribution in [0.2, 0.25) is 5.02 Å². The minimum absolute atomic E-state index is 0.0578. The van der Waals surface area contributed by atoms with Crippen LogP contribution in [-0.2, 0) is 0 Å². The number of nitrogens with zero attached hydrogens (tertiary/aromatic N) is 3. The van der Waals surface area contributed by atoms with Crippen LogP contribution in [-0.4, -0.2) is 42.1 Å². The molecule has 2 aromatic heterocycles. The lowest BCUT2D eigenvalue weighted by molar-refractivity contribution is 0.0864. The van der Waals surface area contributed by atoms with Gasteiger partial charge in [-0.15, -0.1) is 0 Å². The number of carbonyl (C=O) groups excluding carboxylic acids is 1. The van der Waals surface area contributed by atoms with Gasteiger partial charge in [-0.1, -0.05) is 11.6 Å². The standard InChI is InChI=1S/C24H27ClN4O3/c1-31-21-14-16(6-11-26-21)22(30)27-18-4-7-24(8-5-18)9-12-29(13-10-24)23-28-19-15-17(25)2-3-20(19)32-23/h2-3,6,11,14-15,18H,4-5,7-10,12-13H2,1H3,(H,27,30). The summed E-state index contributed by atoms with van der Waals surface area (Å²) >= 11 is 6.07. The minimum Gasteiger partial charge on any atom is -0.481 e. The summed E-state index contributed by atoms with van der Waals surface area (Å²) in [6.07, 6.45) is 8.13. The monoisotopic (exact) mass is 454 g/mol. The third-order valence-electron chi connectivity index (χ3n) is 7.02. The number of benzene rings is 1. The number of aromatic nitrogens is 2. The maximum Gasteiger partial charge on any atom is 0.298 e. The molecule has 168 valence electrons. The van der Waals surface area contributed by atoms with E-state index >= 15 is 0 Å². The summed E-state index contributed by atoms with van der Waals surface area (Å²) in [5.41, 5.74) is 2.51. The van der Waals surface area contributed by atoms with E-state index in [-0.39, 0.29) is 11.9 Å². The Morgan fingerprint density at radius 2 is 1.97 bits per heavy atom. The van der Waals surface area contributed by atoms with Gasteiger partial charge in [0, 0.05) is 42.0 Å². The van der Waals surface area contributed by atoms with Gasteiger partial charge in [0.2, 0.25) is 5.88 Å². The smallest absolute Gasteiger partial charge is 0.298 e. The number of anilines is 1. The highest BCUT2D eigenvalue weighted by Gasteiger charge is 2.39. The molecule has 1 aromatic carbocycles. The number of methoxy groups -OCH3 is 1. The number of rotatable bonds is 4. The lowest BCUT2D eigenvalue weighted by Gasteiger charge is -2.45. The molecule has 0 atom stereocenters. The number of nitrogens with one attached hydrogen (secondary N) is 1. The lowest BCUT2D eigenvalue weighted by Crippen LogP contribution is -2.45. The number of carbonyl (C=O) groups is 1. The van der Waals surface area contributed by atoms with Crippen molar-refractivity contribution < 1.29 is 13.9 Å². The average Bonchev–Trinajstić information content (AvgIpc) is 3.24. The normalized spacial score (nSPS) is 18.8. The first-order chi connectivity index (χ1) is 15.5. The Kier molecular flexibility index (Phi) is 5.67. The molecule has 8 heteroatoms. The fraction of sp³-hybridized carbons (Fsp3) is 0.458. The van der Waals surface area contributed by atoms with Gasteiger partial charge < -0.3 is 19.4 Å². The maximum absolute atomic E-state index is 12.6. The summed E-state index contributed by atoms with van der Waals surface area (Å²) in [6.45, 7) is 1.88. The third kappa shape index (κ3) is 4.26. The van der Waals surface area contributed by atoms with Crippen LogP contribution in [0, 0.1) is 5.41 Å². The van der Waals surface area contributed by atoms with Gasteiger partial charge in [0.25, 0.3) is 11.9 Å². The zero-order valence-corrected chi connectivity index (χ0v) is 18.9. The van der Waals surface area contributed by atoms with Crippen molar-refractivity contribution in [1.82, 2.24) is 15.3 Å². The van der Waals surface area contributed by atoms with E-state index in [1.54, 1.807) is 25.4 Å². The third-order valence-corrected chi connectivity index (χ3v) is 7.26. The van der Waals surface area contributed by atoms with E-state index in [0.29, 0.717) is 27.9 Å². The van der Waals surface area contributed by atoms with Crippen LogP contribution in [0.4, 0.5) is 6.01 Å². The summed E-state index contributed by atoms with van der Waals surface area (Å²) in [5, 5.41) is 3.86. The number of ether oxygens (including phenoxy) is 1. The molecule has 32 heavy (non-hydrogen) atoms. The molecule has 0 radical (unpaired) electrons. The fourth-order valence-corrected chi connectivity index (χ4v) is 5.17. The highest BCUT2D eigenvalue weighted by Crippen LogP contribution is 2.45. The van der Waals surface area contributed by atoms with Crippen LogP contribution < -0.4 is 15.0 Å². The second kappa shape index (κ2) is 8.62. The summed E-state index contributed by atoms with van der Waals surface area (Å²) in [7, 11) is 1.55. The van der Waals surface area contributed by atoms with Crippen molar-refractivity contribution in [3.05, 3.63) is 47.1 Å². The maximum atomic E-state index is 12.6. The Morgan fingerprint density at radius 3 is 2.72 bits per heavy atom. The molecular weight excluding hydrogens is 428 g/mol. The summed E-state index contributed by atoms with van der Waals surface area (Å²) in [5.74, 6) is 0.395. The van der Waals surface area contributed by atoms with Crippen molar-refractivity contribution in [2.45, 2.75) is 44.6 Å². The highest BCUT2D eigenvalue weighted by atomic mass is 35.5. The predicted octanol–water partition coefficient (Wildman–Crippen LogP) is 4.84. The van der Waals surface area contributed by atoms with Crippen LogP contribution in [0.5, 0.6) is 5.88 Å². The molecule has 1 amide bonds. The lowest BCUT2D eigenvalue weighted by atomic mass is 9.67. The van der Waals surface area contributed by atoms with Crippen molar-refractivity contribution in [3.63, 3.8) is 0 Å². The number of piperidine rings is 1. The van der Waals surface area contributed by atoms with Crippen LogP contribution in [0.25, 0.3) is 11.1 Å². The highest BCUT2D eigenvalue weighted by molar-refractivity contribution is 6.31. The number of amides is 1. The second-order valence-electron chi connectivity index (χ2n) is 8.93. The van der Waals surface area contributed by atoms with Crippen molar-refractivity contribution in [2.75, 3.05) is 25.1 Å². The molecule has 7 nitrogen and oxygen atoms in total. The zero-order valence-electron chi connectivity index (χ0n) is 18.1. The van der Waals surface area contributed by atoms with E-state index in [4.69, 9.17) is 20.8 Å². The molecule has 2 aliphatic rings. The van der Waals surface area contributed by atoms with Crippen molar-refractivity contribution in [1.29, 1.82) is 0 Å². The van der Waals surface area contributed by atoms with E-state index in [0.717, 1.165) is 62.7 Å². The number of halogens is 1. The van der Waals surface area contributed by atoms with Crippen molar-refractivity contribution in [2.24, 2.45) is 5.41 Å². The van der Waals surface area contributed by atoms with Gasteiger partial charge in [-0.25, -0.2) is 4.98 Å². The molecule has 2 fully saturated rings. The molecule has 1 saturated heterocycles. The number of hydrogen-bond donors (Lipinski definition) is 1. The largest absolute Gasteiger partial charge is 0.481 e. The number of pyridine rings is 1. The molecule has 1 N–H and O–H groups in total. The van der Waals surface area contributed by atoms with Gasteiger partial charge in [0.1, 0.15) is 5.52 Å². The van der Waals surface area contributed by atoms with Gasteiger partial charge in [0.05, 0.1) is 7.11 Å². The molecular formula is C24H27ClN4O3. The number of oxazole rings is 1. The topological polar surface area (TPSA) is 80.5 Å². The first-order valence-corrected chi connectivity index (χ1v) is 11.5. The Balaban J connectivity index is 1.15. The molecule has 0 bridgehead atoms. The molecule has 1 aliphatic heterocycles. The Labute approximate surface area is 192 Å². The average molecular weight is 455 g/mol. The fourth-order valence-electron chi connectivity index (χ4n) is 5.00. The van der Waals surface area contributed by atoms with Gasteiger partial charge in [-0.2, -0.15) is 4.98 Å². The van der Waals surface area contributed by atoms with Gasteiger partial charge in [-0.3, -0.25) is 4.79 Å². The summed E-state index contributed by atoms with van der Waals surface area (Å²) in [6, 6.07) is 9.84. The molecule has 0 unspecified atom stereocenters. The first kappa shape index (κ1) is 21.1. The molecule has 1 saturated carbocycles. The van der Waals surface area contributed by atoms with Crippen molar-refractivity contribution in [3.8, 4) is 5.88 Å². The van der Waals surface area contributed by atoms with E-state index in [1.807, 2.05) is 18.2 Å².